The van der Waals surface area contributed by atoms with Crippen LogP contribution in [0.2, 0.25) is 0 Å². The molecule has 0 spiro atoms. The summed E-state index contributed by atoms with van der Waals surface area (Å²) in [4.78, 5) is 9.41. The van der Waals surface area contributed by atoms with Crippen LogP contribution in [-0.4, -0.2) is 27.2 Å². The number of benzene rings is 2. The Hall–Kier alpha value is -2.96. The zero-order valence-corrected chi connectivity index (χ0v) is 17.4. The Morgan fingerprint density at radius 3 is 2.43 bits per heavy atom. The van der Waals surface area contributed by atoms with Gasteiger partial charge in [-0.25, -0.2) is 9.97 Å². The van der Waals surface area contributed by atoms with Gasteiger partial charge < -0.3 is 15.7 Å². The molecule has 152 valence electrons. The number of fused-ring (bicyclic) bond motifs is 1. The third kappa shape index (κ3) is 4.30. The van der Waals surface area contributed by atoms with Crippen LogP contribution in [0.1, 0.15) is 25.7 Å². The molecule has 4 aromatic rings. The lowest BCUT2D eigenvalue weighted by Gasteiger charge is -2.26. The highest BCUT2D eigenvalue weighted by Gasteiger charge is 2.19. The topological polar surface area (TPSA) is 70.1 Å². The number of aliphatic hydroxyl groups is 1. The van der Waals surface area contributed by atoms with E-state index in [9.17, 15) is 5.11 Å². The van der Waals surface area contributed by atoms with Crippen LogP contribution in [0, 0.1) is 0 Å². The Labute approximate surface area is 179 Å². The molecule has 5 nitrogen and oxygen atoms in total. The summed E-state index contributed by atoms with van der Waals surface area (Å²) in [6.45, 7) is 0. The van der Waals surface area contributed by atoms with Gasteiger partial charge in [0.25, 0.3) is 0 Å². The van der Waals surface area contributed by atoms with Crippen LogP contribution in [0.5, 0.6) is 0 Å². The molecule has 0 unspecified atom stereocenters. The van der Waals surface area contributed by atoms with Crippen molar-refractivity contribution in [2.45, 2.75) is 37.8 Å². The highest BCUT2D eigenvalue weighted by Crippen LogP contribution is 2.32. The second-order valence-corrected chi connectivity index (χ2v) is 8.78. The molecule has 0 bridgehead atoms. The van der Waals surface area contributed by atoms with Crippen LogP contribution >= 0.6 is 11.3 Å². The minimum Gasteiger partial charge on any atom is -0.393 e. The van der Waals surface area contributed by atoms with Crippen molar-refractivity contribution >= 4 is 38.3 Å². The number of hydrogen-bond acceptors (Lipinski definition) is 6. The van der Waals surface area contributed by atoms with Crippen LogP contribution in [0.4, 0.5) is 16.8 Å². The number of aromatic nitrogens is 2. The molecule has 0 saturated heterocycles. The van der Waals surface area contributed by atoms with E-state index < -0.39 is 0 Å². The van der Waals surface area contributed by atoms with Crippen LogP contribution in [0.25, 0.3) is 21.3 Å². The second-order valence-electron chi connectivity index (χ2n) is 7.75. The van der Waals surface area contributed by atoms with Crippen molar-refractivity contribution in [1.82, 2.24) is 9.97 Å². The SMILES string of the molecule is OC1CCC(Nc2cccc(Nc3nc4ccc(-c5ccccc5)cc4s3)n2)CC1. The fraction of sp³-hybridized carbons (Fsp3) is 0.250. The third-order valence-electron chi connectivity index (χ3n) is 5.53. The lowest BCUT2D eigenvalue weighted by Crippen LogP contribution is -2.28. The Morgan fingerprint density at radius 2 is 1.60 bits per heavy atom. The molecule has 2 aromatic heterocycles. The quantitative estimate of drug-likeness (QED) is 0.383. The first-order chi connectivity index (χ1) is 14.7. The van der Waals surface area contributed by atoms with Crippen molar-refractivity contribution in [2.24, 2.45) is 0 Å². The number of pyridine rings is 1. The zero-order chi connectivity index (χ0) is 20.3. The number of thiazole rings is 1. The molecule has 0 aliphatic heterocycles. The third-order valence-corrected chi connectivity index (χ3v) is 6.46. The van der Waals surface area contributed by atoms with Crippen molar-refractivity contribution in [2.75, 3.05) is 10.6 Å². The second kappa shape index (κ2) is 8.42. The van der Waals surface area contributed by atoms with Crippen LogP contribution in [0.3, 0.4) is 0 Å². The van der Waals surface area contributed by atoms with Crippen LogP contribution in [-0.2, 0) is 0 Å². The van der Waals surface area contributed by atoms with Crippen LogP contribution < -0.4 is 10.6 Å². The lowest BCUT2D eigenvalue weighted by molar-refractivity contribution is 0.126. The van der Waals surface area contributed by atoms with Crippen molar-refractivity contribution < 1.29 is 5.11 Å². The largest absolute Gasteiger partial charge is 0.393 e. The summed E-state index contributed by atoms with van der Waals surface area (Å²) in [5, 5.41) is 17.4. The van der Waals surface area contributed by atoms with E-state index in [4.69, 9.17) is 9.97 Å². The lowest BCUT2D eigenvalue weighted by atomic mass is 9.93. The fourth-order valence-electron chi connectivity index (χ4n) is 3.91. The molecule has 5 rings (SSSR count). The molecule has 1 aliphatic carbocycles. The van der Waals surface area contributed by atoms with Gasteiger partial charge in [-0.1, -0.05) is 53.8 Å². The minimum atomic E-state index is -0.148. The maximum Gasteiger partial charge on any atom is 0.189 e. The van der Waals surface area contributed by atoms with Crippen molar-refractivity contribution in [3.05, 3.63) is 66.7 Å². The average molecular weight is 417 g/mol. The number of aliphatic hydroxyl groups excluding tert-OH is 1. The normalized spacial score (nSPS) is 19.0. The molecule has 1 fully saturated rings. The number of nitrogens with one attached hydrogen (secondary N) is 2. The summed E-state index contributed by atoms with van der Waals surface area (Å²) in [7, 11) is 0. The van der Waals surface area contributed by atoms with Gasteiger partial charge in [0.15, 0.2) is 5.13 Å². The Morgan fingerprint density at radius 1 is 0.800 bits per heavy atom. The first-order valence-corrected chi connectivity index (χ1v) is 11.2. The van der Waals surface area contributed by atoms with Gasteiger partial charge in [0, 0.05) is 6.04 Å². The summed E-state index contributed by atoms with van der Waals surface area (Å²) in [5.41, 5.74) is 3.38. The molecule has 1 aliphatic rings. The summed E-state index contributed by atoms with van der Waals surface area (Å²) < 4.78 is 1.15. The molecule has 3 N–H and O–H groups in total. The smallest absolute Gasteiger partial charge is 0.189 e. The van der Waals surface area contributed by atoms with Gasteiger partial charge in [-0.3, -0.25) is 0 Å². The first kappa shape index (κ1) is 19.0. The standard InChI is InChI=1S/C24H24N4OS/c29-19-12-10-18(11-13-19)25-22-7-4-8-23(27-22)28-24-26-20-14-9-17(15-21(20)30-24)16-5-2-1-3-6-16/h1-9,14-15,18-19,29H,10-13H2,(H2,25,26,27,28). The molecule has 30 heavy (non-hydrogen) atoms. The highest BCUT2D eigenvalue weighted by molar-refractivity contribution is 7.22. The van der Waals surface area contributed by atoms with Gasteiger partial charge in [-0.05, 0) is 61.1 Å². The summed E-state index contributed by atoms with van der Waals surface area (Å²) >= 11 is 1.63. The van der Waals surface area contributed by atoms with Crippen molar-refractivity contribution in [3.63, 3.8) is 0 Å². The number of nitrogens with zero attached hydrogens (tertiary/aromatic N) is 2. The Bertz CT molecular complexity index is 1140. The van der Waals surface area contributed by atoms with Gasteiger partial charge in [-0.2, -0.15) is 0 Å². The van der Waals surface area contributed by atoms with E-state index in [1.807, 2.05) is 24.3 Å². The van der Waals surface area contributed by atoms with E-state index in [0.717, 1.165) is 52.7 Å². The summed E-state index contributed by atoms with van der Waals surface area (Å²) in [5.74, 6) is 1.63. The summed E-state index contributed by atoms with van der Waals surface area (Å²) in [6.07, 6.45) is 3.51. The van der Waals surface area contributed by atoms with Crippen LogP contribution in [0.15, 0.2) is 66.7 Å². The maximum absolute atomic E-state index is 9.68. The van der Waals surface area contributed by atoms with Crippen molar-refractivity contribution in [3.8, 4) is 11.1 Å². The van der Waals surface area contributed by atoms with Gasteiger partial charge in [0.2, 0.25) is 0 Å². The molecule has 2 heterocycles. The van der Waals surface area contributed by atoms with Crippen molar-refractivity contribution in [1.29, 1.82) is 0 Å². The average Bonchev–Trinajstić information content (AvgIpc) is 3.17. The molecule has 1 saturated carbocycles. The molecule has 2 aromatic carbocycles. The highest BCUT2D eigenvalue weighted by atomic mass is 32.1. The van der Waals surface area contributed by atoms with Gasteiger partial charge in [-0.15, -0.1) is 0 Å². The van der Waals surface area contributed by atoms with Gasteiger partial charge in [0.05, 0.1) is 16.3 Å². The molecule has 0 amide bonds. The molecular formula is C24H24N4OS. The zero-order valence-electron chi connectivity index (χ0n) is 16.6. The minimum absolute atomic E-state index is 0.148. The van der Waals surface area contributed by atoms with E-state index in [1.54, 1.807) is 11.3 Å². The predicted octanol–water partition coefficient (Wildman–Crippen LogP) is 5.82. The van der Waals surface area contributed by atoms with E-state index in [1.165, 1.54) is 11.1 Å². The van der Waals surface area contributed by atoms with E-state index in [-0.39, 0.29) is 6.10 Å². The number of rotatable bonds is 5. The van der Waals surface area contributed by atoms with Gasteiger partial charge in [0.1, 0.15) is 11.6 Å². The first-order valence-electron chi connectivity index (χ1n) is 10.4. The molecule has 6 heteroatoms. The van der Waals surface area contributed by atoms with E-state index >= 15 is 0 Å². The molecule has 0 radical (unpaired) electrons. The fourth-order valence-corrected chi connectivity index (χ4v) is 4.82. The van der Waals surface area contributed by atoms with Gasteiger partial charge >= 0.3 is 0 Å². The number of hydrogen-bond donors (Lipinski definition) is 3. The number of anilines is 3. The monoisotopic (exact) mass is 416 g/mol. The molecule has 0 atom stereocenters. The predicted molar refractivity (Wildman–Crippen MR) is 124 cm³/mol. The Balaban J connectivity index is 1.32. The maximum atomic E-state index is 9.68. The molecular weight excluding hydrogens is 392 g/mol. The van der Waals surface area contributed by atoms with E-state index in [2.05, 4.69) is 53.1 Å². The Kier molecular flexibility index (Phi) is 5.34. The summed E-state index contributed by atoms with van der Waals surface area (Å²) in [6, 6.07) is 23.1. The van der Waals surface area contributed by atoms with E-state index in [0.29, 0.717) is 6.04 Å².